The average Bonchev–Trinajstić information content (AvgIpc) is 2.65. The predicted molar refractivity (Wildman–Crippen MR) is 67.4 cm³/mol. The van der Waals surface area contributed by atoms with Crippen LogP contribution >= 0.6 is 0 Å². The molecular weight excluding hydrogens is 217 g/mol. The fourth-order valence-corrected chi connectivity index (χ4v) is 2.82. The fraction of sp³-hybridized carbons (Fsp3) is 0.917. The maximum absolute atomic E-state index is 12.1. The van der Waals surface area contributed by atoms with E-state index in [0.717, 1.165) is 19.3 Å². The molecule has 17 heavy (non-hydrogen) atoms. The molecule has 4 nitrogen and oxygen atoms in total. The van der Waals surface area contributed by atoms with Crippen molar-refractivity contribution in [3.8, 4) is 0 Å². The van der Waals surface area contributed by atoms with Crippen molar-refractivity contribution in [3.63, 3.8) is 0 Å². The molecule has 1 N–H and O–H groups in total. The zero-order chi connectivity index (χ0) is 12.9. The van der Waals surface area contributed by atoms with Gasteiger partial charge in [-0.25, -0.2) is 0 Å². The molecule has 0 aliphatic heterocycles. The molecule has 0 aromatic rings. The Bertz CT molecular complexity index is 262. The number of nitrogens with one attached hydrogen (secondary N) is 1. The van der Waals surface area contributed by atoms with Gasteiger partial charge < -0.3 is 14.6 Å². The molecule has 97 valence electrons. The highest BCUT2D eigenvalue weighted by Crippen LogP contribution is 2.45. The van der Waals surface area contributed by atoms with E-state index in [1.165, 1.54) is 0 Å². The molecule has 5 heteroatoms. The van der Waals surface area contributed by atoms with Crippen LogP contribution in [0.1, 0.15) is 40.0 Å². The van der Waals surface area contributed by atoms with Crippen molar-refractivity contribution in [2.45, 2.75) is 46.1 Å². The molecule has 1 saturated carbocycles. The Hall–Kier alpha value is -0.545. The summed E-state index contributed by atoms with van der Waals surface area (Å²) in [6.45, 7) is 6.46. The number of rotatable bonds is 6. The molecule has 0 unspecified atom stereocenters. The van der Waals surface area contributed by atoms with E-state index in [1.54, 1.807) is 14.7 Å². The minimum absolute atomic E-state index is 0.0615. The van der Waals surface area contributed by atoms with Crippen molar-refractivity contribution in [2.24, 2.45) is 11.3 Å². The number of esters is 1. The topological polar surface area (TPSA) is 47.6 Å². The lowest BCUT2D eigenvalue weighted by Crippen LogP contribution is -2.35. The van der Waals surface area contributed by atoms with E-state index < -0.39 is 0 Å². The molecule has 3 atom stereocenters. The lowest BCUT2D eigenvalue weighted by Gasteiger charge is -2.28. The van der Waals surface area contributed by atoms with Crippen molar-refractivity contribution < 1.29 is 14.2 Å². The Morgan fingerprint density at radius 2 is 2.24 bits per heavy atom. The number of hydrogen-bond donors (Lipinski definition) is 1. The first-order chi connectivity index (χ1) is 8.08. The summed E-state index contributed by atoms with van der Waals surface area (Å²) < 4.78 is 10.1. The monoisotopic (exact) mass is 240 g/mol. The summed E-state index contributed by atoms with van der Waals surface area (Å²) in [7, 11) is 3.21. The third kappa shape index (κ3) is 3.22. The average molecular weight is 240 g/mol. The first kappa shape index (κ1) is 14.5. The number of hydrogen-bond acceptors (Lipinski definition) is 4. The molecule has 1 rings (SSSR count). The summed E-state index contributed by atoms with van der Waals surface area (Å²) >= 11 is 0. The van der Waals surface area contributed by atoms with Gasteiger partial charge in [0.2, 0.25) is 0 Å². The molecule has 0 aromatic carbocycles. The van der Waals surface area contributed by atoms with Gasteiger partial charge in [0.25, 0.3) is 0 Å². The summed E-state index contributed by atoms with van der Waals surface area (Å²) in [6.07, 6.45) is 2.80. The first-order valence-electron chi connectivity index (χ1n) is 6.36. The SMILES string of the molecule is CCOC(=O)[C@@]1(C)C[C@@H](N[B]OC)C[C@H]1CC. The molecule has 0 bridgehead atoms. The van der Waals surface area contributed by atoms with Crippen LogP contribution in [0.4, 0.5) is 0 Å². The predicted octanol–water partition coefficient (Wildman–Crippen LogP) is 1.51. The number of ether oxygens (including phenoxy) is 1. The minimum Gasteiger partial charge on any atom is -0.466 e. The molecule has 0 aromatic heterocycles. The second kappa shape index (κ2) is 6.40. The van der Waals surface area contributed by atoms with Gasteiger partial charge in [-0.1, -0.05) is 13.3 Å². The molecule has 0 amide bonds. The molecule has 1 fully saturated rings. The van der Waals surface area contributed by atoms with E-state index in [2.05, 4.69) is 12.2 Å². The van der Waals surface area contributed by atoms with Crippen molar-refractivity contribution >= 4 is 13.6 Å². The summed E-state index contributed by atoms with van der Waals surface area (Å²) in [5.74, 6) is 0.317. The molecule has 1 aliphatic carbocycles. The van der Waals surface area contributed by atoms with Crippen molar-refractivity contribution in [3.05, 3.63) is 0 Å². The van der Waals surface area contributed by atoms with Gasteiger partial charge in [-0.15, -0.1) is 0 Å². The maximum Gasteiger partial charge on any atom is 0.395 e. The Morgan fingerprint density at radius 1 is 1.53 bits per heavy atom. The van der Waals surface area contributed by atoms with E-state index in [1.807, 2.05) is 13.8 Å². The van der Waals surface area contributed by atoms with Crippen LogP contribution in [0.25, 0.3) is 0 Å². The van der Waals surface area contributed by atoms with E-state index in [-0.39, 0.29) is 11.4 Å². The smallest absolute Gasteiger partial charge is 0.395 e. The largest absolute Gasteiger partial charge is 0.466 e. The third-order valence-electron chi connectivity index (χ3n) is 3.80. The van der Waals surface area contributed by atoms with Crippen LogP contribution in [0.5, 0.6) is 0 Å². The zero-order valence-corrected chi connectivity index (χ0v) is 11.3. The second-order valence-corrected chi connectivity index (χ2v) is 4.90. The normalized spacial score (nSPS) is 32.5. The Labute approximate surface area is 105 Å². The lowest BCUT2D eigenvalue weighted by molar-refractivity contribution is -0.156. The van der Waals surface area contributed by atoms with E-state index >= 15 is 0 Å². The molecule has 1 aliphatic rings. The standard InChI is InChI=1S/C12H23BNO3/c1-5-9-7-10(14-13-16-4)8-12(9,3)11(15)17-6-2/h9-10,14H,5-8H2,1-4H3/t9-,10+,12+/m1/s1. The van der Waals surface area contributed by atoms with Crippen molar-refractivity contribution in [1.82, 2.24) is 5.23 Å². The van der Waals surface area contributed by atoms with Gasteiger partial charge in [0.1, 0.15) is 0 Å². The molecular formula is C12H23BNO3. The van der Waals surface area contributed by atoms with Crippen LogP contribution in [0.3, 0.4) is 0 Å². The Kier molecular flexibility index (Phi) is 5.47. The maximum atomic E-state index is 12.1. The summed E-state index contributed by atoms with van der Waals surface area (Å²) in [6, 6.07) is 0.300. The number of carbonyl (C=O) groups is 1. The van der Waals surface area contributed by atoms with Crippen LogP contribution in [0.2, 0.25) is 0 Å². The van der Waals surface area contributed by atoms with Crippen molar-refractivity contribution in [1.29, 1.82) is 0 Å². The van der Waals surface area contributed by atoms with Gasteiger partial charge in [-0.3, -0.25) is 4.79 Å². The quantitative estimate of drug-likeness (QED) is 0.564. The van der Waals surface area contributed by atoms with Crippen LogP contribution in [-0.4, -0.2) is 33.3 Å². The van der Waals surface area contributed by atoms with Crippen LogP contribution < -0.4 is 5.23 Å². The first-order valence-corrected chi connectivity index (χ1v) is 6.36. The zero-order valence-electron chi connectivity index (χ0n) is 11.3. The van der Waals surface area contributed by atoms with Gasteiger partial charge in [-0.2, -0.15) is 0 Å². The van der Waals surface area contributed by atoms with Gasteiger partial charge in [0, 0.05) is 7.11 Å². The molecule has 0 spiro atoms. The van der Waals surface area contributed by atoms with Gasteiger partial charge in [0.05, 0.1) is 12.0 Å². The second-order valence-electron chi connectivity index (χ2n) is 4.90. The Balaban J connectivity index is 2.66. The highest BCUT2D eigenvalue weighted by molar-refractivity contribution is 6.23. The van der Waals surface area contributed by atoms with Gasteiger partial charge in [-0.05, 0) is 38.6 Å². The number of carbonyl (C=O) groups excluding carboxylic acids is 1. The minimum atomic E-state index is -0.357. The molecule has 1 radical (unpaired) electrons. The lowest BCUT2D eigenvalue weighted by atomic mass is 9.78. The van der Waals surface area contributed by atoms with Gasteiger partial charge >= 0.3 is 13.6 Å². The highest BCUT2D eigenvalue weighted by atomic mass is 16.5. The molecule has 0 heterocycles. The van der Waals surface area contributed by atoms with E-state index in [4.69, 9.17) is 9.39 Å². The Morgan fingerprint density at radius 3 is 2.76 bits per heavy atom. The summed E-state index contributed by atoms with van der Waals surface area (Å²) in [4.78, 5) is 12.1. The summed E-state index contributed by atoms with van der Waals surface area (Å²) in [5.41, 5.74) is -0.357. The third-order valence-corrected chi connectivity index (χ3v) is 3.80. The van der Waals surface area contributed by atoms with Crippen LogP contribution in [0.15, 0.2) is 0 Å². The summed E-state index contributed by atoms with van der Waals surface area (Å²) in [5, 5.41) is 3.19. The van der Waals surface area contributed by atoms with Crippen LogP contribution in [-0.2, 0) is 14.2 Å². The molecule has 0 saturated heterocycles. The fourth-order valence-electron chi connectivity index (χ4n) is 2.82. The van der Waals surface area contributed by atoms with Crippen LogP contribution in [0, 0.1) is 11.3 Å². The van der Waals surface area contributed by atoms with Gasteiger partial charge in [0.15, 0.2) is 0 Å². The van der Waals surface area contributed by atoms with Crippen molar-refractivity contribution in [2.75, 3.05) is 13.7 Å². The van der Waals surface area contributed by atoms with E-state index in [9.17, 15) is 4.79 Å². The highest BCUT2D eigenvalue weighted by Gasteiger charge is 2.49. The van der Waals surface area contributed by atoms with E-state index in [0.29, 0.717) is 18.6 Å².